The Hall–Kier alpha value is -3.68. The first-order valence-electron chi connectivity index (χ1n) is 8.25. The fourth-order valence-electron chi connectivity index (χ4n) is 2.78. The second-order valence-electron chi connectivity index (χ2n) is 6.18. The summed E-state index contributed by atoms with van der Waals surface area (Å²) in [5, 5.41) is 2.61. The van der Waals surface area contributed by atoms with Crippen molar-refractivity contribution in [3.05, 3.63) is 71.8 Å². The molecule has 8 heteroatoms. The molecule has 3 rings (SSSR count). The van der Waals surface area contributed by atoms with Crippen molar-refractivity contribution < 1.29 is 19.2 Å². The van der Waals surface area contributed by atoms with Crippen molar-refractivity contribution in [3.63, 3.8) is 0 Å². The second kappa shape index (κ2) is 7.28. The largest absolute Gasteiger partial charge is 0.325 e. The van der Waals surface area contributed by atoms with Gasteiger partial charge in [-0.1, -0.05) is 48.5 Å². The molecule has 2 aromatic carbocycles. The van der Waals surface area contributed by atoms with Crippen LogP contribution in [0.3, 0.4) is 0 Å². The van der Waals surface area contributed by atoms with Crippen LogP contribution in [-0.4, -0.2) is 35.2 Å². The number of hydrazine groups is 1. The minimum Gasteiger partial charge on any atom is -0.319 e. The molecule has 2 aromatic rings. The van der Waals surface area contributed by atoms with Gasteiger partial charge in [0.1, 0.15) is 12.1 Å². The molecule has 0 unspecified atom stereocenters. The summed E-state index contributed by atoms with van der Waals surface area (Å²) in [6, 6.07) is 16.4. The van der Waals surface area contributed by atoms with Crippen LogP contribution in [0.2, 0.25) is 0 Å². The van der Waals surface area contributed by atoms with Crippen LogP contribution in [0.5, 0.6) is 0 Å². The van der Waals surface area contributed by atoms with Crippen LogP contribution in [0, 0.1) is 0 Å². The summed E-state index contributed by atoms with van der Waals surface area (Å²) in [6.07, 6.45) is 0. The van der Waals surface area contributed by atoms with Gasteiger partial charge in [0.05, 0.1) is 0 Å². The quantitative estimate of drug-likeness (QED) is 0.552. The Kier molecular flexibility index (Phi) is 4.89. The van der Waals surface area contributed by atoms with Gasteiger partial charge in [0.25, 0.3) is 17.7 Å². The molecule has 3 N–H and O–H groups in total. The number of benzene rings is 2. The Bertz CT molecular complexity index is 885. The maximum absolute atomic E-state index is 12.7. The summed E-state index contributed by atoms with van der Waals surface area (Å²) >= 11 is 0. The standard InChI is InChI=1S/C19H18N4O4/c1-19(14-10-6-3-7-11-14)17(26)23(18(27)20-19)12-15(24)21-22-16(25)13-8-4-2-5-9-13/h2-11H,12H2,1H3,(H,20,27)(H,21,24)(H,22,25)/t19-/m0/s1. The zero-order valence-electron chi connectivity index (χ0n) is 14.6. The first-order chi connectivity index (χ1) is 12.9. The summed E-state index contributed by atoms with van der Waals surface area (Å²) < 4.78 is 0. The first-order valence-corrected chi connectivity index (χ1v) is 8.25. The van der Waals surface area contributed by atoms with Crippen molar-refractivity contribution in [3.8, 4) is 0 Å². The van der Waals surface area contributed by atoms with E-state index in [0.717, 1.165) is 4.90 Å². The van der Waals surface area contributed by atoms with E-state index < -0.39 is 35.8 Å². The predicted molar refractivity (Wildman–Crippen MR) is 96.1 cm³/mol. The summed E-state index contributed by atoms with van der Waals surface area (Å²) in [4.78, 5) is 49.7. The van der Waals surface area contributed by atoms with E-state index in [1.807, 2.05) is 0 Å². The van der Waals surface area contributed by atoms with Gasteiger partial charge in [-0.05, 0) is 24.6 Å². The molecule has 5 amide bonds. The minimum atomic E-state index is -1.24. The highest BCUT2D eigenvalue weighted by molar-refractivity contribution is 6.09. The molecule has 1 saturated heterocycles. The SMILES string of the molecule is C[C@@]1(c2ccccc2)NC(=O)N(CC(=O)NNC(=O)c2ccccc2)C1=O. The Morgan fingerprint density at radius 2 is 1.56 bits per heavy atom. The van der Waals surface area contributed by atoms with Crippen LogP contribution in [-0.2, 0) is 15.1 Å². The lowest BCUT2D eigenvalue weighted by molar-refractivity contribution is -0.135. The number of rotatable bonds is 4. The van der Waals surface area contributed by atoms with Crippen molar-refractivity contribution in [2.75, 3.05) is 6.54 Å². The number of urea groups is 1. The minimum absolute atomic E-state index is 0.365. The molecule has 0 radical (unpaired) electrons. The second-order valence-corrected chi connectivity index (χ2v) is 6.18. The average molecular weight is 366 g/mol. The van der Waals surface area contributed by atoms with Crippen LogP contribution in [0.25, 0.3) is 0 Å². The number of hydrogen-bond acceptors (Lipinski definition) is 4. The zero-order chi connectivity index (χ0) is 19.4. The van der Waals surface area contributed by atoms with Crippen molar-refractivity contribution >= 4 is 23.8 Å². The van der Waals surface area contributed by atoms with Gasteiger partial charge in [0, 0.05) is 5.56 Å². The van der Waals surface area contributed by atoms with Crippen molar-refractivity contribution in [2.45, 2.75) is 12.5 Å². The third-order valence-electron chi connectivity index (χ3n) is 4.28. The van der Waals surface area contributed by atoms with E-state index >= 15 is 0 Å². The van der Waals surface area contributed by atoms with Gasteiger partial charge in [-0.15, -0.1) is 0 Å². The molecular formula is C19H18N4O4. The molecule has 0 aromatic heterocycles. The molecule has 1 atom stereocenters. The van der Waals surface area contributed by atoms with Crippen LogP contribution >= 0.6 is 0 Å². The van der Waals surface area contributed by atoms with Crippen LogP contribution in [0.1, 0.15) is 22.8 Å². The van der Waals surface area contributed by atoms with E-state index in [1.54, 1.807) is 67.6 Å². The van der Waals surface area contributed by atoms with Gasteiger partial charge in [0.2, 0.25) is 0 Å². The third kappa shape index (κ3) is 3.64. The lowest BCUT2D eigenvalue weighted by atomic mass is 9.92. The molecule has 138 valence electrons. The van der Waals surface area contributed by atoms with E-state index in [2.05, 4.69) is 16.2 Å². The summed E-state index contributed by atoms with van der Waals surface area (Å²) in [7, 11) is 0. The Morgan fingerprint density at radius 3 is 2.19 bits per heavy atom. The molecule has 0 aliphatic carbocycles. The molecule has 1 aliphatic heterocycles. The van der Waals surface area contributed by atoms with Crippen LogP contribution in [0.15, 0.2) is 60.7 Å². The van der Waals surface area contributed by atoms with E-state index in [-0.39, 0.29) is 0 Å². The van der Waals surface area contributed by atoms with Crippen molar-refractivity contribution in [1.82, 2.24) is 21.1 Å². The molecule has 0 spiro atoms. The molecule has 8 nitrogen and oxygen atoms in total. The fourth-order valence-corrected chi connectivity index (χ4v) is 2.78. The first kappa shape index (κ1) is 18.1. The zero-order valence-corrected chi connectivity index (χ0v) is 14.6. The molecule has 27 heavy (non-hydrogen) atoms. The molecular weight excluding hydrogens is 348 g/mol. The highest BCUT2D eigenvalue weighted by Crippen LogP contribution is 2.28. The number of carbonyl (C=O) groups excluding carboxylic acids is 4. The van der Waals surface area contributed by atoms with Gasteiger partial charge < -0.3 is 5.32 Å². The predicted octanol–water partition coefficient (Wildman–Crippen LogP) is 0.915. The molecule has 1 heterocycles. The molecule has 1 aliphatic rings. The highest BCUT2D eigenvalue weighted by atomic mass is 16.2. The number of hydrogen-bond donors (Lipinski definition) is 3. The number of nitrogens with zero attached hydrogens (tertiary/aromatic N) is 1. The number of carbonyl (C=O) groups is 4. The van der Waals surface area contributed by atoms with Crippen molar-refractivity contribution in [1.29, 1.82) is 0 Å². The monoisotopic (exact) mass is 366 g/mol. The lowest BCUT2D eigenvalue weighted by Gasteiger charge is -2.22. The van der Waals surface area contributed by atoms with E-state index in [9.17, 15) is 19.2 Å². The Morgan fingerprint density at radius 1 is 0.963 bits per heavy atom. The number of nitrogens with one attached hydrogen (secondary N) is 3. The number of amides is 5. The normalized spacial score (nSPS) is 18.8. The smallest absolute Gasteiger partial charge is 0.319 e. The van der Waals surface area contributed by atoms with Gasteiger partial charge in [-0.3, -0.25) is 30.1 Å². The van der Waals surface area contributed by atoms with Gasteiger partial charge in [0.15, 0.2) is 0 Å². The molecule has 1 fully saturated rings. The summed E-state index contributed by atoms with van der Waals surface area (Å²) in [6.45, 7) is 1.07. The molecule has 0 bridgehead atoms. The lowest BCUT2D eigenvalue weighted by Crippen LogP contribution is -2.48. The average Bonchev–Trinajstić information content (AvgIpc) is 2.91. The fraction of sp³-hybridized carbons (Fsp3) is 0.158. The van der Waals surface area contributed by atoms with Gasteiger partial charge in [-0.2, -0.15) is 0 Å². The third-order valence-corrected chi connectivity index (χ3v) is 4.28. The Balaban J connectivity index is 1.62. The topological polar surface area (TPSA) is 108 Å². The summed E-state index contributed by atoms with van der Waals surface area (Å²) in [5.41, 5.74) is 4.19. The number of imide groups is 1. The van der Waals surface area contributed by atoms with E-state index in [4.69, 9.17) is 0 Å². The maximum atomic E-state index is 12.7. The van der Waals surface area contributed by atoms with E-state index in [0.29, 0.717) is 11.1 Å². The Labute approximate surface area is 155 Å². The van der Waals surface area contributed by atoms with E-state index in [1.165, 1.54) is 0 Å². The van der Waals surface area contributed by atoms with Crippen molar-refractivity contribution in [2.24, 2.45) is 0 Å². The van der Waals surface area contributed by atoms with Crippen LogP contribution in [0.4, 0.5) is 4.79 Å². The molecule has 0 saturated carbocycles. The summed E-state index contributed by atoms with van der Waals surface area (Å²) in [5.74, 6) is -1.74. The van der Waals surface area contributed by atoms with Crippen LogP contribution < -0.4 is 16.2 Å². The maximum Gasteiger partial charge on any atom is 0.325 e. The van der Waals surface area contributed by atoms with Gasteiger partial charge in [-0.25, -0.2) is 4.79 Å². The van der Waals surface area contributed by atoms with Gasteiger partial charge >= 0.3 is 6.03 Å². The highest BCUT2D eigenvalue weighted by Gasteiger charge is 2.49.